The summed E-state index contributed by atoms with van der Waals surface area (Å²) in [6, 6.07) is 13.5. The lowest BCUT2D eigenvalue weighted by atomic mass is 10.0. The van der Waals surface area contributed by atoms with E-state index in [4.69, 9.17) is 0 Å². The summed E-state index contributed by atoms with van der Waals surface area (Å²) in [7, 11) is 1.90. The molecule has 13 nitrogen and oxygen atoms in total. The second-order valence-corrected chi connectivity index (χ2v) is 12.4. The van der Waals surface area contributed by atoms with Gasteiger partial charge in [-0.3, -0.25) is 19.2 Å². The molecule has 0 saturated carbocycles. The third-order valence-corrected chi connectivity index (χ3v) is 8.30. The predicted octanol–water partition coefficient (Wildman–Crippen LogP) is 2.46. The molecule has 2 atom stereocenters. The van der Waals surface area contributed by atoms with Gasteiger partial charge in [0.05, 0.1) is 23.4 Å². The van der Waals surface area contributed by atoms with Crippen LogP contribution in [-0.4, -0.2) is 78.5 Å². The predicted molar refractivity (Wildman–Crippen MR) is 176 cm³/mol. The van der Waals surface area contributed by atoms with Crippen LogP contribution in [-0.2, 0) is 34.4 Å². The van der Waals surface area contributed by atoms with E-state index < -0.39 is 12.1 Å². The van der Waals surface area contributed by atoms with Crippen LogP contribution in [0.15, 0.2) is 54.9 Å². The first-order valence-corrected chi connectivity index (χ1v) is 16.1. The molecule has 4 aromatic rings. The van der Waals surface area contributed by atoms with Gasteiger partial charge in [-0.25, -0.2) is 14.6 Å². The van der Waals surface area contributed by atoms with Gasteiger partial charge < -0.3 is 25.4 Å². The molecule has 47 heavy (non-hydrogen) atoms. The first kappa shape index (κ1) is 33.3. The third-order valence-electron chi connectivity index (χ3n) is 8.30. The van der Waals surface area contributed by atoms with Crippen molar-refractivity contribution in [2.24, 2.45) is 13.0 Å². The molecule has 0 aliphatic carbocycles. The third kappa shape index (κ3) is 8.40. The molecule has 1 aliphatic heterocycles. The summed E-state index contributed by atoms with van der Waals surface area (Å²) in [6.45, 7) is 6.62. The van der Waals surface area contributed by atoms with Crippen molar-refractivity contribution < 1.29 is 19.2 Å². The Hall–Kier alpha value is -5.07. The second kappa shape index (κ2) is 15.0. The van der Waals surface area contributed by atoms with Gasteiger partial charge in [-0.15, -0.1) is 0 Å². The van der Waals surface area contributed by atoms with Crippen LogP contribution >= 0.6 is 0 Å². The topological polar surface area (TPSA) is 156 Å². The fourth-order valence-electron chi connectivity index (χ4n) is 5.81. The number of carbonyl (C=O) groups excluding carboxylic acids is 4. The quantitative estimate of drug-likeness (QED) is 0.309. The van der Waals surface area contributed by atoms with Crippen LogP contribution in [0.4, 0.5) is 0 Å². The highest BCUT2D eigenvalue weighted by molar-refractivity contribution is 5.97. The Morgan fingerprint density at radius 3 is 2.53 bits per heavy atom. The molecule has 3 N–H and O–H groups in total. The van der Waals surface area contributed by atoms with E-state index in [0.717, 1.165) is 16.6 Å². The SMILES string of the molecule is Cc1nc2n(n1)CC(=O)NCCCN(C(=O)c1ccc3c(c1)ncn3C)CCCC(=O)N[C@H](Cc1ccccc1)C(=O)N[C@H]2C(C)C. The summed E-state index contributed by atoms with van der Waals surface area (Å²) >= 11 is 0. The number of carbonyl (C=O) groups is 4. The Morgan fingerprint density at radius 2 is 1.77 bits per heavy atom. The molecule has 0 radical (unpaired) electrons. The molecule has 0 spiro atoms. The number of hydrogen-bond donors (Lipinski definition) is 3. The molecular formula is C34H43N9O4. The van der Waals surface area contributed by atoms with Crippen molar-refractivity contribution in [2.75, 3.05) is 19.6 Å². The van der Waals surface area contributed by atoms with Gasteiger partial charge in [0.1, 0.15) is 18.4 Å². The van der Waals surface area contributed by atoms with Crippen molar-refractivity contribution in [1.82, 2.24) is 45.2 Å². The molecule has 4 amide bonds. The van der Waals surface area contributed by atoms with Crippen LogP contribution in [0.2, 0.25) is 0 Å². The maximum atomic E-state index is 13.8. The molecule has 1 aliphatic rings. The zero-order valence-corrected chi connectivity index (χ0v) is 27.4. The summed E-state index contributed by atoms with van der Waals surface area (Å²) in [5, 5.41) is 13.4. The number of benzene rings is 2. The Kier molecular flexibility index (Phi) is 10.6. The van der Waals surface area contributed by atoms with Crippen molar-refractivity contribution in [3.05, 3.63) is 77.6 Å². The lowest BCUT2D eigenvalue weighted by molar-refractivity contribution is -0.129. The zero-order valence-electron chi connectivity index (χ0n) is 27.4. The summed E-state index contributed by atoms with van der Waals surface area (Å²) in [5.74, 6) is -0.206. The van der Waals surface area contributed by atoms with E-state index in [1.165, 1.54) is 4.68 Å². The van der Waals surface area contributed by atoms with Crippen LogP contribution in [0.25, 0.3) is 11.0 Å². The van der Waals surface area contributed by atoms with E-state index in [1.54, 1.807) is 30.3 Å². The van der Waals surface area contributed by atoms with Gasteiger partial charge in [0.15, 0.2) is 5.82 Å². The van der Waals surface area contributed by atoms with Crippen LogP contribution in [0.3, 0.4) is 0 Å². The normalized spacial score (nSPS) is 19.0. The van der Waals surface area contributed by atoms with E-state index in [2.05, 4.69) is 31.0 Å². The van der Waals surface area contributed by atoms with Gasteiger partial charge in [0.25, 0.3) is 5.91 Å². The van der Waals surface area contributed by atoms with Crippen LogP contribution < -0.4 is 16.0 Å². The number of aryl methyl sites for hydroxylation is 2. The largest absolute Gasteiger partial charge is 0.354 e. The number of hydrogen-bond acceptors (Lipinski definition) is 7. The summed E-state index contributed by atoms with van der Waals surface area (Å²) in [6.07, 6.45) is 3.03. The van der Waals surface area contributed by atoms with Gasteiger partial charge in [0.2, 0.25) is 17.7 Å². The van der Waals surface area contributed by atoms with Crippen LogP contribution in [0.5, 0.6) is 0 Å². The average molecular weight is 642 g/mol. The van der Waals surface area contributed by atoms with E-state index in [1.807, 2.05) is 61.9 Å². The highest BCUT2D eigenvalue weighted by atomic mass is 16.2. The van der Waals surface area contributed by atoms with Crippen LogP contribution in [0.1, 0.15) is 66.7 Å². The molecule has 0 saturated heterocycles. The Bertz CT molecular complexity index is 1730. The van der Waals surface area contributed by atoms with E-state index in [9.17, 15) is 19.2 Å². The molecule has 248 valence electrons. The number of aromatic nitrogens is 5. The highest BCUT2D eigenvalue weighted by Gasteiger charge is 2.30. The van der Waals surface area contributed by atoms with Gasteiger partial charge in [0, 0.05) is 45.1 Å². The van der Waals surface area contributed by atoms with Gasteiger partial charge in [-0.1, -0.05) is 44.2 Å². The number of fused-ring (bicyclic) bond motifs is 2. The lowest BCUT2D eigenvalue weighted by Gasteiger charge is -2.26. The summed E-state index contributed by atoms with van der Waals surface area (Å²) < 4.78 is 3.41. The number of imidazole rings is 1. The molecule has 3 heterocycles. The lowest BCUT2D eigenvalue weighted by Crippen LogP contribution is -2.50. The summed E-state index contributed by atoms with van der Waals surface area (Å²) in [4.78, 5) is 64.5. The smallest absolute Gasteiger partial charge is 0.253 e. The minimum atomic E-state index is -0.853. The standard InChI is InChI=1S/C34H43N9O4/c1-22(2)31-32-37-23(3)40-43(32)20-30(45)35-15-9-17-42(34(47)25-13-14-28-26(19-25)36-21-41(28)4)16-8-12-29(44)38-27(33(46)39-31)18-24-10-6-5-7-11-24/h5-7,10-11,13-14,19,21-22,27,31H,8-9,12,15-18,20H2,1-4H3,(H,35,45)(H,38,44)(H,39,46)/t27-,31+/m1/s1. The Balaban J connectivity index is 1.40. The van der Waals surface area contributed by atoms with Crippen molar-refractivity contribution in [3.63, 3.8) is 0 Å². The maximum Gasteiger partial charge on any atom is 0.253 e. The van der Waals surface area contributed by atoms with Crippen molar-refractivity contribution in [3.8, 4) is 0 Å². The monoisotopic (exact) mass is 641 g/mol. The van der Waals surface area contributed by atoms with E-state index in [0.29, 0.717) is 49.7 Å². The number of nitrogens with one attached hydrogen (secondary N) is 3. The van der Waals surface area contributed by atoms with Gasteiger partial charge in [-0.2, -0.15) is 5.10 Å². The molecular weight excluding hydrogens is 598 g/mol. The summed E-state index contributed by atoms with van der Waals surface area (Å²) in [5.41, 5.74) is 3.03. The molecule has 0 fully saturated rings. The molecule has 0 unspecified atom stereocenters. The fourth-order valence-corrected chi connectivity index (χ4v) is 5.81. The first-order valence-electron chi connectivity index (χ1n) is 16.1. The van der Waals surface area contributed by atoms with Crippen molar-refractivity contribution in [2.45, 2.75) is 65.1 Å². The van der Waals surface area contributed by atoms with Crippen molar-refractivity contribution in [1.29, 1.82) is 0 Å². The average Bonchev–Trinajstić information content (AvgIpc) is 3.60. The molecule has 2 aromatic heterocycles. The molecule has 13 heteroatoms. The number of nitrogens with zero attached hydrogens (tertiary/aromatic N) is 6. The van der Waals surface area contributed by atoms with E-state index in [-0.39, 0.29) is 48.9 Å². The van der Waals surface area contributed by atoms with Gasteiger partial charge in [-0.05, 0) is 49.4 Å². The zero-order chi connectivity index (χ0) is 33.5. The first-order chi connectivity index (χ1) is 22.6. The Morgan fingerprint density at radius 1 is 1.00 bits per heavy atom. The van der Waals surface area contributed by atoms with Gasteiger partial charge >= 0.3 is 0 Å². The Labute approximate surface area is 274 Å². The van der Waals surface area contributed by atoms with Crippen LogP contribution in [0, 0.1) is 12.8 Å². The maximum absolute atomic E-state index is 13.8. The molecule has 0 bridgehead atoms. The number of rotatable bonds is 4. The second-order valence-electron chi connectivity index (χ2n) is 12.4. The van der Waals surface area contributed by atoms with E-state index >= 15 is 0 Å². The highest BCUT2D eigenvalue weighted by Crippen LogP contribution is 2.21. The fraction of sp³-hybridized carbons (Fsp3) is 0.441. The van der Waals surface area contributed by atoms with Crippen molar-refractivity contribution >= 4 is 34.7 Å². The molecule has 2 aromatic carbocycles. The molecule has 5 rings (SSSR count). The minimum absolute atomic E-state index is 0.0772. The minimum Gasteiger partial charge on any atom is -0.354 e. The number of amides is 4.